The molecule has 0 N–H and O–H groups in total. The summed E-state index contributed by atoms with van der Waals surface area (Å²) in [5.74, 6) is 0. The predicted octanol–water partition coefficient (Wildman–Crippen LogP) is 0.663. The minimum Gasteiger partial charge on any atom is -0.176 e. The SMILES string of the molecule is FC(F)(F)c1[c-]ccc2ccccc12.[Li+]. The zero-order valence-electron chi connectivity index (χ0n) is 8.10. The first-order chi connectivity index (χ1) is 6.59. The van der Waals surface area contributed by atoms with Crippen LogP contribution in [-0.2, 0) is 6.18 Å². The predicted molar refractivity (Wildman–Crippen MR) is 47.8 cm³/mol. The number of halogens is 3. The van der Waals surface area contributed by atoms with Crippen molar-refractivity contribution in [3.8, 4) is 0 Å². The summed E-state index contributed by atoms with van der Waals surface area (Å²) in [7, 11) is 0. The van der Waals surface area contributed by atoms with Crippen LogP contribution in [0, 0.1) is 6.07 Å². The van der Waals surface area contributed by atoms with E-state index in [4.69, 9.17) is 0 Å². The smallest absolute Gasteiger partial charge is 0.176 e. The molecule has 72 valence electrons. The quantitative estimate of drug-likeness (QED) is 0.435. The van der Waals surface area contributed by atoms with Gasteiger partial charge in [0, 0.05) is 0 Å². The third kappa shape index (κ3) is 2.36. The Hall–Kier alpha value is -0.913. The van der Waals surface area contributed by atoms with E-state index in [1.165, 1.54) is 12.1 Å². The molecular formula is C11H6F3Li. The normalized spacial score (nSPS) is 11.1. The Morgan fingerprint density at radius 3 is 2.33 bits per heavy atom. The van der Waals surface area contributed by atoms with E-state index < -0.39 is 11.7 Å². The van der Waals surface area contributed by atoms with Gasteiger partial charge in [0.1, 0.15) is 0 Å². The summed E-state index contributed by atoms with van der Waals surface area (Å²) in [5.41, 5.74) is -0.699. The van der Waals surface area contributed by atoms with Gasteiger partial charge in [0.15, 0.2) is 0 Å². The molecule has 0 spiro atoms. The van der Waals surface area contributed by atoms with Crippen LogP contribution in [0.25, 0.3) is 10.8 Å². The molecule has 0 atom stereocenters. The molecule has 0 aliphatic heterocycles. The summed E-state index contributed by atoms with van der Waals surface area (Å²) < 4.78 is 37.5. The van der Waals surface area contributed by atoms with Crippen LogP contribution in [0.4, 0.5) is 13.2 Å². The second kappa shape index (κ2) is 4.30. The van der Waals surface area contributed by atoms with Crippen LogP contribution in [-0.4, -0.2) is 0 Å². The van der Waals surface area contributed by atoms with Crippen LogP contribution in [0.2, 0.25) is 0 Å². The molecule has 2 rings (SSSR count). The summed E-state index contributed by atoms with van der Waals surface area (Å²) in [4.78, 5) is 0. The molecule has 0 aliphatic rings. The summed E-state index contributed by atoms with van der Waals surface area (Å²) in [6.07, 6.45) is -4.33. The molecule has 0 radical (unpaired) electrons. The standard InChI is InChI=1S/C11H6F3.Li/c12-11(13,14)10-7-3-5-8-4-1-2-6-9(8)10;/h1-6H;/q-1;+1. The van der Waals surface area contributed by atoms with Gasteiger partial charge in [-0.1, -0.05) is 23.8 Å². The molecule has 15 heavy (non-hydrogen) atoms. The molecule has 0 aromatic heterocycles. The van der Waals surface area contributed by atoms with E-state index in [0.29, 0.717) is 5.39 Å². The Morgan fingerprint density at radius 1 is 1.00 bits per heavy atom. The number of benzene rings is 2. The third-order valence-electron chi connectivity index (χ3n) is 2.00. The van der Waals surface area contributed by atoms with E-state index >= 15 is 0 Å². The van der Waals surface area contributed by atoms with Crippen molar-refractivity contribution in [3.05, 3.63) is 48.0 Å². The molecule has 0 unspecified atom stereocenters. The van der Waals surface area contributed by atoms with E-state index in [2.05, 4.69) is 6.07 Å². The van der Waals surface area contributed by atoms with Gasteiger partial charge >= 0.3 is 25.0 Å². The molecule has 4 heteroatoms. The van der Waals surface area contributed by atoms with Gasteiger partial charge in [-0.2, -0.15) is 31.4 Å². The van der Waals surface area contributed by atoms with E-state index in [1.54, 1.807) is 24.3 Å². The summed E-state index contributed by atoms with van der Waals surface area (Å²) in [6.45, 7) is 0. The van der Waals surface area contributed by atoms with Crippen molar-refractivity contribution in [1.82, 2.24) is 0 Å². The summed E-state index contributed by atoms with van der Waals surface area (Å²) in [5, 5.41) is 0.779. The average Bonchev–Trinajstić information content (AvgIpc) is 2.15. The Morgan fingerprint density at radius 2 is 1.67 bits per heavy atom. The minimum atomic E-state index is -4.33. The van der Waals surface area contributed by atoms with Gasteiger partial charge in [0.25, 0.3) is 0 Å². The van der Waals surface area contributed by atoms with Crippen molar-refractivity contribution >= 4 is 10.8 Å². The minimum absolute atomic E-state index is 0. The van der Waals surface area contributed by atoms with Gasteiger partial charge in [0.05, 0.1) is 0 Å². The maximum absolute atomic E-state index is 12.5. The van der Waals surface area contributed by atoms with Crippen molar-refractivity contribution in [2.75, 3.05) is 0 Å². The van der Waals surface area contributed by atoms with E-state index in [0.717, 1.165) is 0 Å². The fourth-order valence-corrected chi connectivity index (χ4v) is 1.40. The monoisotopic (exact) mass is 202 g/mol. The largest absolute Gasteiger partial charge is 1.00 e. The number of fused-ring (bicyclic) bond motifs is 1. The van der Waals surface area contributed by atoms with Gasteiger partial charge in [0.2, 0.25) is 0 Å². The molecule has 0 saturated carbocycles. The Bertz CT molecular complexity index is 457. The van der Waals surface area contributed by atoms with Gasteiger partial charge in [-0.05, 0) is 0 Å². The molecule has 0 fully saturated rings. The van der Waals surface area contributed by atoms with Crippen molar-refractivity contribution < 1.29 is 32.0 Å². The Labute approximate surface area is 97.3 Å². The van der Waals surface area contributed by atoms with Gasteiger partial charge in [-0.15, -0.1) is 16.8 Å². The van der Waals surface area contributed by atoms with E-state index in [1.807, 2.05) is 0 Å². The van der Waals surface area contributed by atoms with Crippen LogP contribution in [0.5, 0.6) is 0 Å². The number of hydrogen-bond acceptors (Lipinski definition) is 0. The van der Waals surface area contributed by atoms with Crippen molar-refractivity contribution in [2.24, 2.45) is 0 Å². The van der Waals surface area contributed by atoms with Crippen molar-refractivity contribution in [2.45, 2.75) is 6.18 Å². The fourth-order valence-electron chi connectivity index (χ4n) is 1.40. The summed E-state index contributed by atoms with van der Waals surface area (Å²) in [6, 6.07) is 11.5. The van der Waals surface area contributed by atoms with Crippen LogP contribution in [0.15, 0.2) is 36.4 Å². The van der Waals surface area contributed by atoms with Gasteiger partial charge in [-0.25, -0.2) is 0 Å². The molecular weight excluding hydrogens is 196 g/mol. The second-order valence-electron chi connectivity index (χ2n) is 2.94. The zero-order valence-corrected chi connectivity index (χ0v) is 8.10. The van der Waals surface area contributed by atoms with Crippen LogP contribution >= 0.6 is 0 Å². The molecule has 0 amide bonds. The first-order valence-electron chi connectivity index (χ1n) is 4.05. The maximum atomic E-state index is 12.5. The van der Waals surface area contributed by atoms with Crippen LogP contribution in [0.1, 0.15) is 5.56 Å². The molecule has 2 aromatic carbocycles. The first kappa shape index (κ1) is 12.2. The zero-order chi connectivity index (χ0) is 10.2. The Balaban J connectivity index is 0.00000112. The fraction of sp³-hybridized carbons (Fsp3) is 0.0909. The maximum Gasteiger partial charge on any atom is 1.00 e. The molecule has 2 aromatic rings. The third-order valence-corrected chi connectivity index (χ3v) is 2.00. The molecule has 0 bridgehead atoms. The van der Waals surface area contributed by atoms with Gasteiger partial charge in [-0.3, -0.25) is 0 Å². The number of rotatable bonds is 0. The molecule has 0 heterocycles. The number of alkyl halides is 3. The molecule has 0 saturated heterocycles. The van der Waals surface area contributed by atoms with Crippen molar-refractivity contribution in [3.63, 3.8) is 0 Å². The van der Waals surface area contributed by atoms with Crippen LogP contribution in [0.3, 0.4) is 0 Å². The first-order valence-corrected chi connectivity index (χ1v) is 4.05. The second-order valence-corrected chi connectivity index (χ2v) is 2.94. The summed E-state index contributed by atoms with van der Waals surface area (Å²) >= 11 is 0. The topological polar surface area (TPSA) is 0 Å². The van der Waals surface area contributed by atoms with Crippen molar-refractivity contribution in [1.29, 1.82) is 0 Å². The molecule has 0 nitrogen and oxygen atoms in total. The molecule has 0 aliphatic carbocycles. The number of hydrogen-bond donors (Lipinski definition) is 0. The average molecular weight is 202 g/mol. The van der Waals surface area contributed by atoms with Crippen LogP contribution < -0.4 is 18.9 Å². The van der Waals surface area contributed by atoms with E-state index in [-0.39, 0.29) is 24.2 Å². The van der Waals surface area contributed by atoms with E-state index in [9.17, 15) is 13.2 Å². The van der Waals surface area contributed by atoms with Gasteiger partial charge < -0.3 is 0 Å². The Kier molecular flexibility index (Phi) is 3.49.